The van der Waals surface area contributed by atoms with Crippen molar-refractivity contribution in [2.75, 3.05) is 7.11 Å². The third-order valence-electron chi connectivity index (χ3n) is 2.87. The molecule has 0 aliphatic rings. The summed E-state index contributed by atoms with van der Waals surface area (Å²) in [4.78, 5) is 11.4. The molecule has 2 aromatic rings. The third-order valence-corrected chi connectivity index (χ3v) is 3.11. The molecule has 0 saturated carbocycles. The highest BCUT2D eigenvalue weighted by Gasteiger charge is 2.08. The van der Waals surface area contributed by atoms with Gasteiger partial charge in [0.2, 0.25) is 0 Å². The molecule has 0 spiro atoms. The van der Waals surface area contributed by atoms with Gasteiger partial charge in [0.25, 0.3) is 0 Å². The standard InChI is InChI=1S/C16H15ClO3/c1-19-16(18)9-12-5-2-3-6-13(12)11-20-15-8-4-7-14(17)10-15/h2-8,10H,9,11H2,1H3. The van der Waals surface area contributed by atoms with Gasteiger partial charge in [0, 0.05) is 5.02 Å². The van der Waals surface area contributed by atoms with E-state index < -0.39 is 0 Å². The summed E-state index contributed by atoms with van der Waals surface area (Å²) in [5.74, 6) is 0.436. The number of halogens is 1. The minimum atomic E-state index is -0.264. The smallest absolute Gasteiger partial charge is 0.309 e. The molecule has 0 amide bonds. The predicted molar refractivity (Wildman–Crippen MR) is 77.9 cm³/mol. The number of esters is 1. The van der Waals surface area contributed by atoms with Crippen LogP contribution >= 0.6 is 11.6 Å². The summed E-state index contributed by atoms with van der Waals surface area (Å²) in [6, 6.07) is 14.9. The lowest BCUT2D eigenvalue weighted by atomic mass is 10.1. The molecule has 4 heteroatoms. The molecule has 0 heterocycles. The fourth-order valence-corrected chi connectivity index (χ4v) is 2.00. The molecular formula is C16H15ClO3. The topological polar surface area (TPSA) is 35.5 Å². The quantitative estimate of drug-likeness (QED) is 0.789. The monoisotopic (exact) mass is 290 g/mol. The minimum Gasteiger partial charge on any atom is -0.489 e. The molecule has 0 aliphatic carbocycles. The van der Waals surface area contributed by atoms with E-state index in [9.17, 15) is 4.79 Å². The maximum absolute atomic E-state index is 11.4. The number of carbonyl (C=O) groups excluding carboxylic acids is 1. The van der Waals surface area contributed by atoms with Crippen LogP contribution in [0.4, 0.5) is 0 Å². The maximum atomic E-state index is 11.4. The van der Waals surface area contributed by atoms with Crippen LogP contribution in [0.15, 0.2) is 48.5 Å². The summed E-state index contributed by atoms with van der Waals surface area (Å²) in [6.45, 7) is 0.382. The van der Waals surface area contributed by atoms with Crippen molar-refractivity contribution in [3.63, 3.8) is 0 Å². The molecule has 3 nitrogen and oxygen atoms in total. The van der Waals surface area contributed by atoms with E-state index in [2.05, 4.69) is 0 Å². The van der Waals surface area contributed by atoms with Crippen molar-refractivity contribution in [2.45, 2.75) is 13.0 Å². The van der Waals surface area contributed by atoms with Crippen LogP contribution in [0.2, 0.25) is 5.02 Å². The number of ether oxygens (including phenoxy) is 2. The van der Waals surface area contributed by atoms with E-state index in [1.54, 1.807) is 12.1 Å². The normalized spacial score (nSPS) is 10.1. The van der Waals surface area contributed by atoms with E-state index in [1.807, 2.05) is 36.4 Å². The van der Waals surface area contributed by atoms with Crippen LogP contribution in [0, 0.1) is 0 Å². The number of rotatable bonds is 5. The Morgan fingerprint density at radius 2 is 1.85 bits per heavy atom. The molecule has 0 bridgehead atoms. The molecule has 0 aromatic heterocycles. The van der Waals surface area contributed by atoms with Crippen molar-refractivity contribution < 1.29 is 14.3 Å². The number of benzene rings is 2. The van der Waals surface area contributed by atoms with Crippen molar-refractivity contribution in [3.05, 3.63) is 64.7 Å². The van der Waals surface area contributed by atoms with Crippen LogP contribution in [0.3, 0.4) is 0 Å². The number of hydrogen-bond donors (Lipinski definition) is 0. The van der Waals surface area contributed by atoms with Crippen molar-refractivity contribution in [3.8, 4) is 5.75 Å². The molecule has 2 aromatic carbocycles. The molecule has 20 heavy (non-hydrogen) atoms. The van der Waals surface area contributed by atoms with Gasteiger partial charge in [0.1, 0.15) is 12.4 Å². The van der Waals surface area contributed by atoms with Gasteiger partial charge in [0.15, 0.2) is 0 Å². The second kappa shape index (κ2) is 6.96. The molecular weight excluding hydrogens is 276 g/mol. The van der Waals surface area contributed by atoms with E-state index in [0.717, 1.165) is 11.1 Å². The van der Waals surface area contributed by atoms with Gasteiger partial charge in [-0.05, 0) is 29.3 Å². The zero-order chi connectivity index (χ0) is 14.4. The SMILES string of the molecule is COC(=O)Cc1ccccc1COc1cccc(Cl)c1. The lowest BCUT2D eigenvalue weighted by Gasteiger charge is -2.10. The molecule has 104 valence electrons. The van der Waals surface area contributed by atoms with E-state index in [1.165, 1.54) is 7.11 Å². The summed E-state index contributed by atoms with van der Waals surface area (Å²) >= 11 is 5.90. The third kappa shape index (κ3) is 4.00. The van der Waals surface area contributed by atoms with E-state index in [0.29, 0.717) is 17.4 Å². The first kappa shape index (κ1) is 14.4. The summed E-state index contributed by atoms with van der Waals surface area (Å²) in [5, 5.41) is 0.630. The van der Waals surface area contributed by atoms with Crippen LogP contribution in [-0.2, 0) is 22.6 Å². The highest BCUT2D eigenvalue weighted by molar-refractivity contribution is 6.30. The largest absolute Gasteiger partial charge is 0.489 e. The molecule has 0 saturated heterocycles. The summed E-state index contributed by atoms with van der Waals surface area (Å²) < 4.78 is 10.4. The summed E-state index contributed by atoms with van der Waals surface area (Å²) in [6.07, 6.45) is 0.242. The van der Waals surface area contributed by atoms with E-state index >= 15 is 0 Å². The molecule has 0 radical (unpaired) electrons. The van der Waals surface area contributed by atoms with Gasteiger partial charge in [-0.1, -0.05) is 41.9 Å². The first-order chi connectivity index (χ1) is 9.69. The summed E-state index contributed by atoms with van der Waals surface area (Å²) in [5.41, 5.74) is 1.86. The zero-order valence-corrected chi connectivity index (χ0v) is 11.9. The first-order valence-electron chi connectivity index (χ1n) is 6.21. The van der Waals surface area contributed by atoms with Crippen molar-refractivity contribution in [2.24, 2.45) is 0 Å². The van der Waals surface area contributed by atoms with E-state index in [-0.39, 0.29) is 12.4 Å². The lowest BCUT2D eigenvalue weighted by molar-refractivity contribution is -0.139. The average Bonchev–Trinajstić information content (AvgIpc) is 2.46. The molecule has 0 aliphatic heterocycles. The molecule has 0 unspecified atom stereocenters. The molecule has 0 atom stereocenters. The lowest BCUT2D eigenvalue weighted by Crippen LogP contribution is -2.08. The van der Waals surface area contributed by atoms with Crippen molar-refractivity contribution in [1.82, 2.24) is 0 Å². The van der Waals surface area contributed by atoms with Crippen LogP contribution in [-0.4, -0.2) is 13.1 Å². The number of hydrogen-bond acceptors (Lipinski definition) is 3. The highest BCUT2D eigenvalue weighted by atomic mass is 35.5. The fraction of sp³-hybridized carbons (Fsp3) is 0.188. The van der Waals surface area contributed by atoms with Gasteiger partial charge >= 0.3 is 5.97 Å². The van der Waals surface area contributed by atoms with E-state index in [4.69, 9.17) is 21.1 Å². The predicted octanol–water partition coefficient (Wildman–Crippen LogP) is 3.63. The van der Waals surface area contributed by atoms with Crippen LogP contribution < -0.4 is 4.74 Å². The Morgan fingerprint density at radius 1 is 1.10 bits per heavy atom. The molecule has 2 rings (SSSR count). The van der Waals surface area contributed by atoms with Gasteiger partial charge in [0.05, 0.1) is 13.5 Å². The Balaban J connectivity index is 2.07. The maximum Gasteiger partial charge on any atom is 0.309 e. The van der Waals surface area contributed by atoms with Gasteiger partial charge in [-0.2, -0.15) is 0 Å². The Kier molecular flexibility index (Phi) is 5.02. The first-order valence-corrected chi connectivity index (χ1v) is 6.59. The minimum absolute atomic E-state index is 0.242. The average molecular weight is 291 g/mol. The van der Waals surface area contributed by atoms with Crippen LogP contribution in [0.25, 0.3) is 0 Å². The van der Waals surface area contributed by atoms with Gasteiger partial charge < -0.3 is 9.47 Å². The Hall–Kier alpha value is -2.00. The number of methoxy groups -OCH3 is 1. The van der Waals surface area contributed by atoms with Gasteiger partial charge in [-0.3, -0.25) is 4.79 Å². The Bertz CT molecular complexity index is 596. The van der Waals surface area contributed by atoms with Crippen molar-refractivity contribution in [1.29, 1.82) is 0 Å². The van der Waals surface area contributed by atoms with Crippen LogP contribution in [0.1, 0.15) is 11.1 Å². The Labute approximate surface area is 123 Å². The van der Waals surface area contributed by atoms with Crippen LogP contribution in [0.5, 0.6) is 5.75 Å². The zero-order valence-electron chi connectivity index (χ0n) is 11.1. The molecule has 0 N–H and O–H groups in total. The second-order valence-corrected chi connectivity index (χ2v) is 4.70. The summed E-state index contributed by atoms with van der Waals surface area (Å²) in [7, 11) is 1.38. The molecule has 0 fully saturated rings. The number of carbonyl (C=O) groups is 1. The Morgan fingerprint density at radius 3 is 2.55 bits per heavy atom. The highest BCUT2D eigenvalue weighted by Crippen LogP contribution is 2.19. The van der Waals surface area contributed by atoms with Gasteiger partial charge in [-0.15, -0.1) is 0 Å². The fourth-order valence-electron chi connectivity index (χ4n) is 1.82. The van der Waals surface area contributed by atoms with Gasteiger partial charge in [-0.25, -0.2) is 0 Å². The second-order valence-electron chi connectivity index (χ2n) is 4.27. The van der Waals surface area contributed by atoms with Crippen molar-refractivity contribution >= 4 is 17.6 Å².